The number of nitrogens with two attached hydrogens (primary N) is 1. The van der Waals surface area contributed by atoms with E-state index in [0.717, 1.165) is 12.0 Å². The Balaban J connectivity index is 1.77. The zero-order valence-electron chi connectivity index (χ0n) is 11.5. The molecule has 21 heavy (non-hydrogen) atoms. The first-order chi connectivity index (χ1) is 10.0. The normalized spacial score (nSPS) is 20.3. The molecule has 5 heteroatoms. The number of benzene rings is 2. The lowest BCUT2D eigenvalue weighted by Crippen LogP contribution is -2.07. The van der Waals surface area contributed by atoms with Crippen LogP contribution in [-0.4, -0.2) is 14.2 Å². The van der Waals surface area contributed by atoms with E-state index in [1.165, 1.54) is 0 Å². The molecule has 1 aliphatic heterocycles. The third-order valence-corrected chi connectivity index (χ3v) is 5.93. The van der Waals surface area contributed by atoms with E-state index in [1.807, 2.05) is 12.1 Å². The molecular formula is C16H17NO3S. The average molecular weight is 303 g/mol. The van der Waals surface area contributed by atoms with Crippen LogP contribution in [0.5, 0.6) is 11.5 Å². The summed E-state index contributed by atoms with van der Waals surface area (Å²) in [6.45, 7) is 0. The molecule has 1 atom stereocenters. The highest BCUT2D eigenvalue weighted by Gasteiger charge is 2.32. The zero-order chi connectivity index (χ0) is 14.9. The van der Waals surface area contributed by atoms with Crippen molar-refractivity contribution < 1.29 is 13.2 Å². The molecule has 0 radical (unpaired) electrons. The molecule has 110 valence electrons. The van der Waals surface area contributed by atoms with Crippen molar-refractivity contribution in [2.75, 3.05) is 11.5 Å². The molecule has 1 unspecified atom stereocenters. The van der Waals surface area contributed by atoms with Gasteiger partial charge in [-0.3, -0.25) is 0 Å². The van der Waals surface area contributed by atoms with E-state index in [-0.39, 0.29) is 5.25 Å². The number of ether oxygens (including phenoxy) is 1. The van der Waals surface area contributed by atoms with E-state index in [1.54, 1.807) is 36.4 Å². The molecular weight excluding hydrogens is 286 g/mol. The number of nitrogen functional groups attached to an aromatic ring is 1. The van der Waals surface area contributed by atoms with Gasteiger partial charge in [-0.1, -0.05) is 12.1 Å². The number of sulfone groups is 1. The van der Waals surface area contributed by atoms with Crippen LogP contribution in [0.25, 0.3) is 0 Å². The van der Waals surface area contributed by atoms with Crippen LogP contribution in [0.3, 0.4) is 0 Å². The van der Waals surface area contributed by atoms with Gasteiger partial charge in [0.25, 0.3) is 0 Å². The molecule has 2 aromatic rings. The van der Waals surface area contributed by atoms with Gasteiger partial charge in [0, 0.05) is 5.69 Å². The van der Waals surface area contributed by atoms with Gasteiger partial charge in [-0.05, 0) is 54.8 Å². The van der Waals surface area contributed by atoms with Crippen LogP contribution < -0.4 is 10.5 Å². The van der Waals surface area contributed by atoms with Crippen LogP contribution in [0.2, 0.25) is 0 Å². The molecule has 3 rings (SSSR count). The van der Waals surface area contributed by atoms with Gasteiger partial charge in [0.05, 0.1) is 11.0 Å². The van der Waals surface area contributed by atoms with Crippen LogP contribution in [0, 0.1) is 0 Å². The highest BCUT2D eigenvalue weighted by atomic mass is 32.2. The summed E-state index contributed by atoms with van der Waals surface area (Å²) in [7, 11) is -2.97. The summed E-state index contributed by atoms with van der Waals surface area (Å²) < 4.78 is 29.6. The van der Waals surface area contributed by atoms with E-state index in [9.17, 15) is 8.42 Å². The lowest BCUT2D eigenvalue weighted by molar-refractivity contribution is 0.482. The summed E-state index contributed by atoms with van der Waals surface area (Å²) in [5.74, 6) is 1.67. The topological polar surface area (TPSA) is 69.4 Å². The number of hydrogen-bond donors (Lipinski definition) is 1. The quantitative estimate of drug-likeness (QED) is 0.883. The summed E-state index contributed by atoms with van der Waals surface area (Å²) >= 11 is 0. The van der Waals surface area contributed by atoms with Gasteiger partial charge < -0.3 is 10.5 Å². The Morgan fingerprint density at radius 3 is 2.05 bits per heavy atom. The Morgan fingerprint density at radius 2 is 1.52 bits per heavy atom. The van der Waals surface area contributed by atoms with Crippen molar-refractivity contribution in [1.82, 2.24) is 0 Å². The third-order valence-electron chi connectivity index (χ3n) is 3.70. The van der Waals surface area contributed by atoms with Crippen LogP contribution in [-0.2, 0) is 9.84 Å². The van der Waals surface area contributed by atoms with Crippen LogP contribution >= 0.6 is 0 Å². The fourth-order valence-electron chi connectivity index (χ4n) is 2.59. The summed E-state index contributed by atoms with van der Waals surface area (Å²) in [5.41, 5.74) is 7.15. The maximum absolute atomic E-state index is 11.9. The summed E-state index contributed by atoms with van der Waals surface area (Å²) in [5, 5.41) is -0.358. The second-order valence-corrected chi connectivity index (χ2v) is 7.54. The van der Waals surface area contributed by atoms with Gasteiger partial charge in [0.15, 0.2) is 9.84 Å². The van der Waals surface area contributed by atoms with E-state index in [4.69, 9.17) is 10.5 Å². The monoisotopic (exact) mass is 303 g/mol. The minimum Gasteiger partial charge on any atom is -0.457 e. The molecule has 0 bridgehead atoms. The first-order valence-corrected chi connectivity index (χ1v) is 8.61. The van der Waals surface area contributed by atoms with Gasteiger partial charge in [-0.25, -0.2) is 8.42 Å². The van der Waals surface area contributed by atoms with Crippen molar-refractivity contribution in [3.63, 3.8) is 0 Å². The smallest absolute Gasteiger partial charge is 0.157 e. The predicted molar refractivity (Wildman–Crippen MR) is 83.1 cm³/mol. The van der Waals surface area contributed by atoms with Crippen LogP contribution in [0.1, 0.15) is 23.7 Å². The second kappa shape index (κ2) is 5.41. The van der Waals surface area contributed by atoms with Gasteiger partial charge in [0.1, 0.15) is 11.5 Å². The fourth-order valence-corrected chi connectivity index (χ4v) is 4.54. The molecule has 4 nitrogen and oxygen atoms in total. The van der Waals surface area contributed by atoms with Crippen molar-refractivity contribution >= 4 is 15.5 Å². The van der Waals surface area contributed by atoms with Crippen molar-refractivity contribution in [3.8, 4) is 11.5 Å². The summed E-state index contributed by atoms with van der Waals surface area (Å²) in [6.07, 6.45) is 1.46. The molecule has 0 spiro atoms. The highest BCUT2D eigenvalue weighted by molar-refractivity contribution is 7.91. The number of anilines is 1. The van der Waals surface area contributed by atoms with Crippen molar-refractivity contribution in [1.29, 1.82) is 0 Å². The van der Waals surface area contributed by atoms with Crippen molar-refractivity contribution in [3.05, 3.63) is 54.1 Å². The Morgan fingerprint density at radius 1 is 0.952 bits per heavy atom. The van der Waals surface area contributed by atoms with E-state index in [2.05, 4.69) is 0 Å². The molecule has 0 amide bonds. The Labute approximate surface area is 124 Å². The third kappa shape index (κ3) is 3.03. The maximum atomic E-state index is 11.9. The lowest BCUT2D eigenvalue weighted by atomic mass is 10.1. The van der Waals surface area contributed by atoms with Crippen molar-refractivity contribution in [2.24, 2.45) is 0 Å². The summed E-state index contributed by atoms with van der Waals surface area (Å²) in [4.78, 5) is 0. The molecule has 2 aromatic carbocycles. The average Bonchev–Trinajstić information content (AvgIpc) is 2.82. The Hall–Kier alpha value is -2.01. The minimum atomic E-state index is -2.97. The molecule has 2 N–H and O–H groups in total. The number of hydrogen-bond acceptors (Lipinski definition) is 4. The minimum absolute atomic E-state index is 0.293. The first-order valence-electron chi connectivity index (χ1n) is 6.89. The highest BCUT2D eigenvalue weighted by Crippen LogP contribution is 2.35. The Kier molecular flexibility index (Phi) is 3.59. The van der Waals surface area contributed by atoms with Gasteiger partial charge in [-0.15, -0.1) is 0 Å². The molecule has 0 aromatic heterocycles. The summed E-state index contributed by atoms with van der Waals surface area (Å²) in [6, 6.07) is 14.4. The molecule has 1 fully saturated rings. The van der Waals surface area contributed by atoms with Gasteiger partial charge >= 0.3 is 0 Å². The largest absolute Gasteiger partial charge is 0.457 e. The van der Waals surface area contributed by atoms with Crippen LogP contribution in [0.4, 0.5) is 5.69 Å². The first kappa shape index (κ1) is 13.9. The van der Waals surface area contributed by atoms with E-state index in [0.29, 0.717) is 29.4 Å². The maximum Gasteiger partial charge on any atom is 0.157 e. The Bertz CT molecular complexity index is 721. The number of rotatable bonds is 3. The van der Waals surface area contributed by atoms with E-state index < -0.39 is 9.84 Å². The van der Waals surface area contributed by atoms with Gasteiger partial charge in [-0.2, -0.15) is 0 Å². The molecule has 0 aliphatic carbocycles. The molecule has 1 saturated heterocycles. The van der Waals surface area contributed by atoms with Gasteiger partial charge in [0.2, 0.25) is 0 Å². The predicted octanol–water partition coefficient (Wildman–Crippen LogP) is 3.31. The zero-order valence-corrected chi connectivity index (χ0v) is 12.3. The van der Waals surface area contributed by atoms with Crippen LogP contribution in [0.15, 0.2) is 48.5 Å². The molecule has 1 aliphatic rings. The van der Waals surface area contributed by atoms with E-state index >= 15 is 0 Å². The molecule has 0 saturated carbocycles. The fraction of sp³-hybridized carbons (Fsp3) is 0.250. The second-order valence-electron chi connectivity index (χ2n) is 5.24. The standard InChI is InChI=1S/C16H17NO3S/c17-13-5-9-15(10-6-13)20-14-7-3-12(4-8-14)16-2-1-11-21(16,18)19/h3-10,16H,1-2,11,17H2. The van der Waals surface area contributed by atoms with Crippen molar-refractivity contribution in [2.45, 2.75) is 18.1 Å². The lowest BCUT2D eigenvalue weighted by Gasteiger charge is -2.11. The SMILES string of the molecule is Nc1ccc(Oc2ccc(C3CCCS3(=O)=O)cc2)cc1. The molecule has 1 heterocycles.